The van der Waals surface area contributed by atoms with Crippen LogP contribution in [0.1, 0.15) is 6.42 Å². The van der Waals surface area contributed by atoms with Gasteiger partial charge in [-0.1, -0.05) is 12.2 Å². The molecule has 0 aliphatic carbocycles. The quantitative estimate of drug-likeness (QED) is 0.549. The predicted molar refractivity (Wildman–Crippen MR) is 38.1 cm³/mol. The summed E-state index contributed by atoms with van der Waals surface area (Å²) >= 11 is 4.54. The highest BCUT2D eigenvalue weighted by atomic mass is 32.1. The van der Waals surface area contributed by atoms with E-state index in [-0.39, 0.29) is 18.0 Å². The number of alkyl halides is 2. The molecule has 1 unspecified atom stereocenters. The average Bonchev–Trinajstić information content (AvgIpc) is 2.10. The Morgan fingerprint density at radius 3 is 2.50 bits per heavy atom. The highest BCUT2D eigenvalue weighted by Crippen LogP contribution is 2.24. The van der Waals surface area contributed by atoms with Crippen LogP contribution in [0.2, 0.25) is 0 Å². The maximum Gasteiger partial charge on any atom is 0.262 e. The fraction of sp³-hybridized carbons (Fsp3) is 0.800. The number of rotatable bonds is 1. The second-order valence-corrected chi connectivity index (χ2v) is 2.87. The van der Waals surface area contributed by atoms with Crippen LogP contribution in [-0.2, 0) is 0 Å². The van der Waals surface area contributed by atoms with Crippen molar-refractivity contribution in [3.8, 4) is 0 Å². The van der Waals surface area contributed by atoms with E-state index in [0.29, 0.717) is 0 Å². The molecule has 0 saturated carbocycles. The molecule has 0 aromatic rings. The smallest absolute Gasteiger partial charge is 0.262 e. The number of hydrogen-bond acceptors (Lipinski definition) is 2. The number of hydrogen-bond donors (Lipinski definition) is 2. The Hall–Kier alpha value is -0.290. The van der Waals surface area contributed by atoms with E-state index in [1.165, 1.54) is 0 Å². The number of nitrogens with one attached hydrogen (secondary N) is 1. The molecule has 1 atom stereocenters. The minimum Gasteiger partial charge on any atom is -0.392 e. The highest BCUT2D eigenvalue weighted by Gasteiger charge is 2.40. The zero-order valence-electron chi connectivity index (χ0n) is 5.23. The topological polar surface area (TPSA) is 38.0 Å². The van der Waals surface area contributed by atoms with Crippen LogP contribution in [0.4, 0.5) is 8.78 Å². The van der Waals surface area contributed by atoms with Gasteiger partial charge in [0.05, 0.1) is 17.6 Å². The third kappa shape index (κ3) is 1.60. The lowest BCUT2D eigenvalue weighted by Gasteiger charge is -2.06. The highest BCUT2D eigenvalue weighted by molar-refractivity contribution is 7.80. The molecule has 0 aromatic heterocycles. The largest absolute Gasteiger partial charge is 0.392 e. The fourth-order valence-corrected chi connectivity index (χ4v) is 1.08. The third-order valence-corrected chi connectivity index (χ3v) is 1.74. The van der Waals surface area contributed by atoms with Crippen LogP contribution in [0.15, 0.2) is 0 Å². The van der Waals surface area contributed by atoms with Gasteiger partial charge in [0.1, 0.15) is 0 Å². The molecule has 58 valence electrons. The molecule has 2 nitrogen and oxygen atoms in total. The monoisotopic (exact) mass is 166 g/mol. The summed E-state index contributed by atoms with van der Waals surface area (Å²) in [5, 5.41) is 2.53. The first kappa shape index (κ1) is 7.81. The van der Waals surface area contributed by atoms with Gasteiger partial charge < -0.3 is 11.1 Å². The second-order valence-electron chi connectivity index (χ2n) is 2.40. The Morgan fingerprint density at radius 2 is 2.30 bits per heavy atom. The van der Waals surface area contributed by atoms with Crippen molar-refractivity contribution in [2.75, 3.05) is 6.54 Å². The van der Waals surface area contributed by atoms with Crippen molar-refractivity contribution in [1.29, 1.82) is 0 Å². The van der Waals surface area contributed by atoms with E-state index in [9.17, 15) is 8.78 Å². The molecule has 0 bridgehead atoms. The van der Waals surface area contributed by atoms with Crippen molar-refractivity contribution in [1.82, 2.24) is 5.32 Å². The van der Waals surface area contributed by atoms with Crippen LogP contribution in [0.3, 0.4) is 0 Å². The normalized spacial score (nSPS) is 30.4. The van der Waals surface area contributed by atoms with Crippen LogP contribution in [-0.4, -0.2) is 23.5 Å². The average molecular weight is 166 g/mol. The molecular formula is C5H8F2N2S. The van der Waals surface area contributed by atoms with Crippen molar-refractivity contribution in [2.45, 2.75) is 18.4 Å². The van der Waals surface area contributed by atoms with Crippen molar-refractivity contribution < 1.29 is 8.78 Å². The molecule has 1 aliphatic rings. The van der Waals surface area contributed by atoms with Crippen molar-refractivity contribution in [3.05, 3.63) is 0 Å². The van der Waals surface area contributed by atoms with Gasteiger partial charge in [0, 0.05) is 6.42 Å². The van der Waals surface area contributed by atoms with Crippen LogP contribution >= 0.6 is 12.2 Å². The molecule has 0 spiro atoms. The lowest BCUT2D eigenvalue weighted by molar-refractivity contribution is 0.0226. The fourth-order valence-electron chi connectivity index (χ4n) is 0.917. The van der Waals surface area contributed by atoms with E-state index in [1.807, 2.05) is 0 Å². The molecule has 1 saturated heterocycles. The van der Waals surface area contributed by atoms with Gasteiger partial charge in [0.25, 0.3) is 5.92 Å². The first-order chi connectivity index (χ1) is 4.51. The SMILES string of the molecule is NC(=S)C1CC(F)(F)CN1. The summed E-state index contributed by atoms with van der Waals surface area (Å²) in [6, 6.07) is -0.481. The molecule has 0 amide bonds. The third-order valence-electron chi connectivity index (χ3n) is 1.45. The van der Waals surface area contributed by atoms with Gasteiger partial charge >= 0.3 is 0 Å². The van der Waals surface area contributed by atoms with E-state index in [4.69, 9.17) is 5.73 Å². The summed E-state index contributed by atoms with van der Waals surface area (Å²) in [6.07, 6.45) is -0.262. The zero-order valence-corrected chi connectivity index (χ0v) is 6.05. The molecule has 0 aromatic carbocycles. The van der Waals surface area contributed by atoms with E-state index < -0.39 is 12.0 Å². The lowest BCUT2D eigenvalue weighted by Crippen LogP contribution is -2.34. The Labute approximate surface area is 62.8 Å². The van der Waals surface area contributed by atoms with Crippen LogP contribution in [0.25, 0.3) is 0 Å². The summed E-state index contributed by atoms with van der Waals surface area (Å²) in [4.78, 5) is 0.122. The molecule has 10 heavy (non-hydrogen) atoms. The summed E-state index contributed by atoms with van der Waals surface area (Å²) in [6.45, 7) is -0.311. The Balaban J connectivity index is 2.51. The zero-order chi connectivity index (χ0) is 7.78. The maximum atomic E-state index is 12.4. The summed E-state index contributed by atoms with van der Waals surface area (Å²) in [7, 11) is 0. The molecule has 3 N–H and O–H groups in total. The van der Waals surface area contributed by atoms with Gasteiger partial charge in [-0.25, -0.2) is 8.78 Å². The first-order valence-electron chi connectivity index (χ1n) is 2.92. The molecule has 1 rings (SSSR count). The molecule has 0 radical (unpaired) electrons. The number of thiocarbonyl (C=S) groups is 1. The minimum atomic E-state index is -2.63. The number of nitrogens with two attached hydrogens (primary N) is 1. The van der Waals surface area contributed by atoms with Crippen LogP contribution < -0.4 is 11.1 Å². The van der Waals surface area contributed by atoms with Gasteiger partial charge in [-0.3, -0.25) is 0 Å². The van der Waals surface area contributed by atoms with Crippen molar-refractivity contribution in [2.24, 2.45) is 5.73 Å². The number of halogens is 2. The molecule has 1 fully saturated rings. The van der Waals surface area contributed by atoms with E-state index in [1.54, 1.807) is 0 Å². The maximum absolute atomic E-state index is 12.4. The van der Waals surface area contributed by atoms with E-state index in [0.717, 1.165) is 0 Å². The van der Waals surface area contributed by atoms with E-state index in [2.05, 4.69) is 17.5 Å². The standard InChI is InChI=1S/C5H8F2N2S/c6-5(7)1-3(4(8)10)9-2-5/h3,9H,1-2H2,(H2,8,10). The van der Waals surface area contributed by atoms with Gasteiger partial charge in [0.15, 0.2) is 0 Å². The van der Waals surface area contributed by atoms with Gasteiger partial charge in [-0.05, 0) is 0 Å². The van der Waals surface area contributed by atoms with Gasteiger partial charge in [-0.15, -0.1) is 0 Å². The Morgan fingerprint density at radius 1 is 1.70 bits per heavy atom. The lowest BCUT2D eigenvalue weighted by atomic mass is 10.2. The van der Waals surface area contributed by atoms with Gasteiger partial charge in [0.2, 0.25) is 0 Å². The summed E-state index contributed by atoms with van der Waals surface area (Å²) < 4.78 is 24.8. The Kier molecular flexibility index (Phi) is 1.87. The molecule has 1 aliphatic heterocycles. The summed E-state index contributed by atoms with van der Waals surface area (Å²) in [5.74, 6) is -2.63. The molecule has 5 heteroatoms. The minimum absolute atomic E-state index is 0.122. The van der Waals surface area contributed by atoms with Crippen LogP contribution in [0, 0.1) is 0 Å². The predicted octanol–water partition coefficient (Wildman–Crippen LogP) is 0.270. The van der Waals surface area contributed by atoms with Gasteiger partial charge in [-0.2, -0.15) is 0 Å². The van der Waals surface area contributed by atoms with Crippen LogP contribution in [0.5, 0.6) is 0 Å². The second kappa shape index (κ2) is 2.39. The van der Waals surface area contributed by atoms with Crippen molar-refractivity contribution in [3.63, 3.8) is 0 Å². The molecule has 1 heterocycles. The Bertz CT molecular complexity index is 160. The van der Waals surface area contributed by atoms with Crippen molar-refractivity contribution >= 4 is 17.2 Å². The first-order valence-corrected chi connectivity index (χ1v) is 3.33. The summed E-state index contributed by atoms with van der Waals surface area (Å²) in [5.41, 5.74) is 5.15. The molecular weight excluding hydrogens is 158 g/mol. The van der Waals surface area contributed by atoms with E-state index >= 15 is 0 Å².